The lowest BCUT2D eigenvalue weighted by Crippen LogP contribution is -2.45. The zero-order valence-corrected chi connectivity index (χ0v) is 22.3. The van der Waals surface area contributed by atoms with E-state index in [1.807, 2.05) is 12.2 Å². The summed E-state index contributed by atoms with van der Waals surface area (Å²) in [7, 11) is 0. The van der Waals surface area contributed by atoms with Crippen LogP contribution in [-0.4, -0.2) is 16.5 Å². The van der Waals surface area contributed by atoms with Gasteiger partial charge in [0.25, 0.3) is 0 Å². The van der Waals surface area contributed by atoms with E-state index in [0.717, 1.165) is 35.3 Å². The number of allylic oxidation sites excluding steroid dienone is 6. The van der Waals surface area contributed by atoms with Gasteiger partial charge in [0.2, 0.25) is 0 Å². The number of nitriles is 1. The number of hydrogen-bond acceptors (Lipinski definition) is 3. The molecule has 3 heteroatoms. The molecule has 0 amide bonds. The van der Waals surface area contributed by atoms with Crippen LogP contribution in [0.3, 0.4) is 0 Å². The van der Waals surface area contributed by atoms with Gasteiger partial charge < -0.3 is 10.2 Å². The van der Waals surface area contributed by atoms with Gasteiger partial charge in [-0.2, -0.15) is 5.26 Å². The molecule has 1 N–H and O–H groups in total. The molecular weight excluding hydrogens is 426 g/mol. The van der Waals surface area contributed by atoms with E-state index in [9.17, 15) is 5.26 Å². The summed E-state index contributed by atoms with van der Waals surface area (Å²) in [5.74, 6) is 0. The third kappa shape index (κ3) is 5.13. The number of fused-ring (bicyclic) bond motifs is 3. The van der Waals surface area contributed by atoms with Gasteiger partial charge in [0.05, 0.1) is 11.6 Å². The Labute approximate surface area is 212 Å². The molecule has 0 bridgehead atoms. The van der Waals surface area contributed by atoms with Gasteiger partial charge in [-0.05, 0) is 72.1 Å². The maximum atomic E-state index is 9.47. The predicted octanol–water partition coefficient (Wildman–Crippen LogP) is 7.48. The van der Waals surface area contributed by atoms with E-state index in [1.165, 1.54) is 22.3 Å². The molecule has 1 aromatic rings. The van der Waals surface area contributed by atoms with Crippen LogP contribution in [0.1, 0.15) is 63.8 Å². The lowest BCUT2D eigenvalue weighted by atomic mass is 9.75. The zero-order chi connectivity index (χ0) is 26.1. The van der Waals surface area contributed by atoms with Crippen molar-refractivity contribution in [2.24, 2.45) is 5.41 Å². The van der Waals surface area contributed by atoms with E-state index in [0.29, 0.717) is 5.57 Å². The topological polar surface area (TPSA) is 39.1 Å². The lowest BCUT2D eigenvalue weighted by Gasteiger charge is -2.47. The van der Waals surface area contributed by atoms with Gasteiger partial charge in [0, 0.05) is 40.8 Å². The average Bonchev–Trinajstić information content (AvgIpc) is 2.81. The Morgan fingerprint density at radius 3 is 2.46 bits per heavy atom. The Bertz CT molecular complexity index is 1220. The van der Waals surface area contributed by atoms with Crippen molar-refractivity contribution in [2.75, 3.05) is 0 Å². The van der Waals surface area contributed by atoms with E-state index in [1.54, 1.807) is 0 Å². The summed E-state index contributed by atoms with van der Waals surface area (Å²) in [5.41, 5.74) is 9.13. The maximum absolute atomic E-state index is 9.47. The Balaban J connectivity index is 2.20. The second-order valence-corrected chi connectivity index (χ2v) is 11.1. The Morgan fingerprint density at radius 1 is 1.23 bits per heavy atom. The van der Waals surface area contributed by atoms with Gasteiger partial charge in [-0.25, -0.2) is 0 Å². The summed E-state index contributed by atoms with van der Waals surface area (Å²) < 4.78 is 0. The summed E-state index contributed by atoms with van der Waals surface area (Å²) in [6.07, 6.45) is 11.9. The van der Waals surface area contributed by atoms with Gasteiger partial charge in [-0.1, -0.05) is 65.7 Å². The molecule has 0 radical (unpaired) electrons. The largest absolute Gasteiger partial charge is 0.382 e. The highest BCUT2D eigenvalue weighted by molar-refractivity contribution is 5.82. The number of nitrogens with one attached hydrogen (secondary N) is 1. The van der Waals surface area contributed by atoms with Crippen molar-refractivity contribution in [3.8, 4) is 6.07 Å². The molecule has 0 spiro atoms. The SMILES string of the molecule is C=C/C(=C\NC(C)(C)C=C)c1cc2c(cc1CC)C1=CC(=C)C(C(=C)C#N)=CN1C(C(C)(C)C)C2. The number of benzene rings is 1. The van der Waals surface area contributed by atoms with E-state index >= 15 is 0 Å². The molecule has 2 aliphatic heterocycles. The monoisotopic (exact) mass is 465 g/mol. The minimum absolute atomic E-state index is 0.0152. The molecule has 1 unspecified atom stereocenters. The summed E-state index contributed by atoms with van der Waals surface area (Å²) in [6, 6.07) is 7.09. The van der Waals surface area contributed by atoms with Crippen molar-refractivity contribution in [1.82, 2.24) is 10.2 Å². The number of rotatable bonds is 7. The van der Waals surface area contributed by atoms with Crippen molar-refractivity contribution in [1.29, 1.82) is 5.26 Å². The first-order valence-electron chi connectivity index (χ1n) is 12.3. The molecule has 0 fully saturated rings. The molecular formula is C32H39N3. The minimum Gasteiger partial charge on any atom is -0.382 e. The van der Waals surface area contributed by atoms with Gasteiger partial charge >= 0.3 is 0 Å². The van der Waals surface area contributed by atoms with Crippen LogP contribution in [0.5, 0.6) is 0 Å². The molecule has 1 atom stereocenters. The highest BCUT2D eigenvalue weighted by Gasteiger charge is 2.38. The molecule has 0 saturated heterocycles. The van der Waals surface area contributed by atoms with Crippen LogP contribution < -0.4 is 5.32 Å². The highest BCUT2D eigenvalue weighted by atomic mass is 15.2. The minimum atomic E-state index is -0.211. The van der Waals surface area contributed by atoms with Crippen molar-refractivity contribution in [3.63, 3.8) is 0 Å². The van der Waals surface area contributed by atoms with E-state index < -0.39 is 0 Å². The second-order valence-electron chi connectivity index (χ2n) is 11.1. The van der Waals surface area contributed by atoms with E-state index in [-0.39, 0.29) is 17.0 Å². The third-order valence-electron chi connectivity index (χ3n) is 7.04. The van der Waals surface area contributed by atoms with E-state index in [4.69, 9.17) is 0 Å². The molecule has 1 aromatic carbocycles. The fourth-order valence-corrected chi connectivity index (χ4v) is 4.67. The molecule has 35 heavy (non-hydrogen) atoms. The average molecular weight is 466 g/mol. The molecule has 0 aromatic heterocycles. The fourth-order valence-electron chi connectivity index (χ4n) is 4.67. The molecule has 2 heterocycles. The molecule has 2 aliphatic rings. The van der Waals surface area contributed by atoms with Crippen LogP contribution in [0.2, 0.25) is 0 Å². The van der Waals surface area contributed by atoms with Crippen LogP contribution in [0.4, 0.5) is 0 Å². The van der Waals surface area contributed by atoms with Crippen molar-refractivity contribution in [2.45, 2.75) is 66.0 Å². The Hall–Kier alpha value is -3.51. The van der Waals surface area contributed by atoms with E-state index in [2.05, 4.69) is 115 Å². The van der Waals surface area contributed by atoms with Crippen LogP contribution in [0, 0.1) is 16.7 Å². The molecule has 3 rings (SSSR count). The summed E-state index contributed by atoms with van der Waals surface area (Å²) in [4.78, 5) is 2.34. The summed E-state index contributed by atoms with van der Waals surface area (Å²) in [6.45, 7) is 29.4. The molecule has 3 nitrogen and oxygen atoms in total. The third-order valence-corrected chi connectivity index (χ3v) is 7.04. The maximum Gasteiger partial charge on any atom is 0.0992 e. The predicted molar refractivity (Wildman–Crippen MR) is 150 cm³/mol. The number of hydrogen-bond donors (Lipinski definition) is 1. The fraction of sp³-hybridized carbons (Fsp3) is 0.344. The second kappa shape index (κ2) is 9.62. The summed E-state index contributed by atoms with van der Waals surface area (Å²) >= 11 is 0. The van der Waals surface area contributed by atoms with Crippen LogP contribution in [-0.2, 0) is 12.8 Å². The molecule has 182 valence electrons. The smallest absolute Gasteiger partial charge is 0.0992 e. The quantitative estimate of drug-likeness (QED) is 0.258. The highest BCUT2D eigenvalue weighted by Crippen LogP contribution is 2.45. The number of nitrogens with zero attached hydrogens (tertiary/aromatic N) is 2. The van der Waals surface area contributed by atoms with Crippen LogP contribution >= 0.6 is 0 Å². The lowest BCUT2D eigenvalue weighted by molar-refractivity contribution is 0.189. The summed E-state index contributed by atoms with van der Waals surface area (Å²) in [5, 5.41) is 12.9. The Kier molecular flexibility index (Phi) is 7.18. The van der Waals surface area contributed by atoms with Crippen molar-refractivity contribution in [3.05, 3.63) is 108 Å². The standard InChI is InChI=1S/C32H39N3/c1-11-23-15-27-25(16-26(23)24(12-2)19-34-32(9,10)13-3)17-30(31(6,7)8)35-20-28(22(5)18-33)21(4)14-29(27)35/h12-16,19-20,30,34H,2-5,11,17H2,1,6-10H3/b24-19+. The molecule has 0 saturated carbocycles. The van der Waals surface area contributed by atoms with Crippen molar-refractivity contribution < 1.29 is 0 Å². The Morgan fingerprint density at radius 2 is 1.91 bits per heavy atom. The van der Waals surface area contributed by atoms with Crippen LogP contribution in [0.15, 0.2) is 85.8 Å². The first-order valence-corrected chi connectivity index (χ1v) is 12.3. The zero-order valence-electron chi connectivity index (χ0n) is 22.3. The van der Waals surface area contributed by atoms with Gasteiger partial charge in [0.1, 0.15) is 0 Å². The van der Waals surface area contributed by atoms with Gasteiger partial charge in [0.15, 0.2) is 0 Å². The first kappa shape index (κ1) is 26.1. The van der Waals surface area contributed by atoms with Crippen molar-refractivity contribution >= 4 is 11.3 Å². The molecule has 0 aliphatic carbocycles. The van der Waals surface area contributed by atoms with Crippen LogP contribution in [0.25, 0.3) is 11.3 Å². The van der Waals surface area contributed by atoms with Gasteiger partial charge in [-0.3, -0.25) is 0 Å². The van der Waals surface area contributed by atoms with Gasteiger partial charge in [-0.15, -0.1) is 6.58 Å². The number of aryl methyl sites for hydroxylation is 1. The first-order chi connectivity index (χ1) is 16.4. The normalized spacial score (nSPS) is 18.0.